The van der Waals surface area contributed by atoms with Crippen molar-refractivity contribution in [3.8, 4) is 0 Å². The zero-order valence-electron chi connectivity index (χ0n) is 9.19. The van der Waals surface area contributed by atoms with Crippen LogP contribution in [0.1, 0.15) is 5.69 Å². The van der Waals surface area contributed by atoms with Crippen molar-refractivity contribution in [2.45, 2.75) is 6.42 Å². The van der Waals surface area contributed by atoms with E-state index < -0.39 is 0 Å². The second kappa shape index (κ2) is 5.33. The molecule has 17 heavy (non-hydrogen) atoms. The zero-order chi connectivity index (χ0) is 12.3. The molecule has 0 fully saturated rings. The molecule has 1 N–H and O–H groups in total. The predicted octanol–water partition coefficient (Wildman–Crippen LogP) is 2.17. The summed E-state index contributed by atoms with van der Waals surface area (Å²) >= 11 is 11.6. The van der Waals surface area contributed by atoms with Crippen molar-refractivity contribution in [3.05, 3.63) is 34.5 Å². The van der Waals surface area contributed by atoms with Crippen LogP contribution < -0.4 is 5.32 Å². The molecule has 0 atom stereocenters. The first kappa shape index (κ1) is 12.1. The van der Waals surface area contributed by atoms with E-state index in [-0.39, 0.29) is 5.28 Å². The fourth-order valence-electron chi connectivity index (χ4n) is 1.38. The van der Waals surface area contributed by atoms with Crippen LogP contribution in [0.15, 0.2) is 18.5 Å². The molecule has 2 heterocycles. The van der Waals surface area contributed by atoms with E-state index in [2.05, 4.69) is 20.4 Å². The Hall–Kier alpha value is -1.33. The number of rotatable bonds is 4. The largest absolute Gasteiger partial charge is 0.368 e. The minimum Gasteiger partial charge on any atom is -0.368 e. The van der Waals surface area contributed by atoms with E-state index in [9.17, 15) is 0 Å². The molecule has 2 aromatic heterocycles. The fraction of sp³-hybridized carbons (Fsp3) is 0.300. The molecule has 5 nitrogen and oxygen atoms in total. The molecule has 90 valence electrons. The number of aryl methyl sites for hydroxylation is 1. The van der Waals surface area contributed by atoms with E-state index in [0.29, 0.717) is 17.4 Å². The van der Waals surface area contributed by atoms with E-state index in [1.54, 1.807) is 4.68 Å². The lowest BCUT2D eigenvalue weighted by molar-refractivity contribution is 0.742. The van der Waals surface area contributed by atoms with Gasteiger partial charge in [-0.25, -0.2) is 4.98 Å². The summed E-state index contributed by atoms with van der Waals surface area (Å²) in [5.74, 6) is 0.544. The Morgan fingerprint density at radius 1 is 1.41 bits per heavy atom. The van der Waals surface area contributed by atoms with Crippen LogP contribution in [0.5, 0.6) is 0 Å². The van der Waals surface area contributed by atoms with Crippen LogP contribution in [0.3, 0.4) is 0 Å². The Morgan fingerprint density at radius 3 is 2.94 bits per heavy atom. The Labute approximate surface area is 109 Å². The molecule has 0 saturated carbocycles. The topological polar surface area (TPSA) is 55.6 Å². The zero-order valence-corrected chi connectivity index (χ0v) is 10.7. The molecule has 0 unspecified atom stereocenters. The van der Waals surface area contributed by atoms with Crippen LogP contribution in [0, 0.1) is 0 Å². The van der Waals surface area contributed by atoms with Crippen LogP contribution in [0.4, 0.5) is 5.82 Å². The first-order valence-electron chi connectivity index (χ1n) is 5.05. The fourth-order valence-corrected chi connectivity index (χ4v) is 1.67. The van der Waals surface area contributed by atoms with Crippen LogP contribution in [0.2, 0.25) is 10.3 Å². The van der Waals surface area contributed by atoms with Gasteiger partial charge in [0.15, 0.2) is 0 Å². The average molecular weight is 272 g/mol. The molecule has 7 heteroatoms. The van der Waals surface area contributed by atoms with Gasteiger partial charge in [-0.1, -0.05) is 11.6 Å². The van der Waals surface area contributed by atoms with Gasteiger partial charge in [-0.3, -0.25) is 4.68 Å². The van der Waals surface area contributed by atoms with E-state index in [4.69, 9.17) is 23.2 Å². The first-order valence-corrected chi connectivity index (χ1v) is 5.81. The molecule has 0 aromatic carbocycles. The van der Waals surface area contributed by atoms with Crippen molar-refractivity contribution in [3.63, 3.8) is 0 Å². The summed E-state index contributed by atoms with van der Waals surface area (Å²) in [6.07, 6.45) is 4.17. The minimum atomic E-state index is 0.176. The molecule has 0 aliphatic heterocycles. The third-order valence-corrected chi connectivity index (χ3v) is 2.62. The van der Waals surface area contributed by atoms with Crippen LogP contribution >= 0.6 is 23.2 Å². The van der Waals surface area contributed by atoms with Crippen molar-refractivity contribution in [1.29, 1.82) is 0 Å². The summed E-state index contributed by atoms with van der Waals surface area (Å²) in [6, 6.07) is 1.97. The molecule has 0 bridgehead atoms. The van der Waals surface area contributed by atoms with Crippen molar-refractivity contribution in [2.24, 2.45) is 7.05 Å². The van der Waals surface area contributed by atoms with Gasteiger partial charge in [0.1, 0.15) is 10.8 Å². The minimum absolute atomic E-state index is 0.176. The van der Waals surface area contributed by atoms with E-state index in [1.807, 2.05) is 19.3 Å². The number of aromatic nitrogens is 4. The Balaban J connectivity index is 1.91. The predicted molar refractivity (Wildman–Crippen MR) is 67.5 cm³/mol. The van der Waals surface area contributed by atoms with E-state index >= 15 is 0 Å². The molecule has 0 aliphatic carbocycles. The number of anilines is 1. The van der Waals surface area contributed by atoms with Gasteiger partial charge in [0.05, 0.1) is 11.9 Å². The van der Waals surface area contributed by atoms with Crippen molar-refractivity contribution in [2.75, 3.05) is 11.9 Å². The normalized spacial score (nSPS) is 10.5. The number of nitrogens with one attached hydrogen (secondary N) is 1. The van der Waals surface area contributed by atoms with E-state index in [0.717, 1.165) is 12.1 Å². The van der Waals surface area contributed by atoms with Gasteiger partial charge < -0.3 is 5.32 Å². The summed E-state index contributed by atoms with van der Waals surface area (Å²) in [4.78, 5) is 7.77. The lowest BCUT2D eigenvalue weighted by atomic mass is 10.3. The quantitative estimate of drug-likeness (QED) is 0.867. The van der Waals surface area contributed by atoms with Crippen molar-refractivity contribution < 1.29 is 0 Å². The van der Waals surface area contributed by atoms with Gasteiger partial charge in [-0.2, -0.15) is 10.1 Å². The van der Waals surface area contributed by atoms with Gasteiger partial charge in [-0.15, -0.1) is 0 Å². The molecular weight excluding hydrogens is 261 g/mol. The maximum Gasteiger partial charge on any atom is 0.224 e. The van der Waals surface area contributed by atoms with Gasteiger partial charge >= 0.3 is 0 Å². The monoisotopic (exact) mass is 271 g/mol. The summed E-state index contributed by atoms with van der Waals surface area (Å²) in [7, 11) is 1.89. The maximum absolute atomic E-state index is 5.92. The van der Waals surface area contributed by atoms with Gasteiger partial charge in [-0.05, 0) is 17.7 Å². The molecule has 0 spiro atoms. The van der Waals surface area contributed by atoms with Gasteiger partial charge in [0.2, 0.25) is 5.28 Å². The average Bonchev–Trinajstić information content (AvgIpc) is 2.69. The molecular formula is C10H11Cl2N5. The second-order valence-corrected chi connectivity index (χ2v) is 4.24. The Morgan fingerprint density at radius 2 is 2.24 bits per heavy atom. The Bertz CT molecular complexity index is 511. The first-order chi connectivity index (χ1) is 8.15. The molecule has 0 saturated heterocycles. The molecule has 2 rings (SSSR count). The van der Waals surface area contributed by atoms with Crippen molar-refractivity contribution in [1.82, 2.24) is 19.7 Å². The molecule has 0 radical (unpaired) electrons. The number of nitrogens with zero attached hydrogens (tertiary/aromatic N) is 4. The Kier molecular flexibility index (Phi) is 3.81. The smallest absolute Gasteiger partial charge is 0.224 e. The van der Waals surface area contributed by atoms with Crippen LogP contribution in [0.25, 0.3) is 0 Å². The number of hydrogen-bond acceptors (Lipinski definition) is 4. The lowest BCUT2D eigenvalue weighted by Gasteiger charge is -2.05. The van der Waals surface area contributed by atoms with Crippen molar-refractivity contribution >= 4 is 29.0 Å². The summed E-state index contributed by atoms with van der Waals surface area (Å²) in [6.45, 7) is 0.685. The highest BCUT2D eigenvalue weighted by atomic mass is 35.5. The van der Waals surface area contributed by atoms with Gasteiger partial charge in [0, 0.05) is 26.2 Å². The molecule has 2 aromatic rings. The summed E-state index contributed by atoms with van der Waals surface area (Å²) in [5, 5.41) is 7.99. The highest BCUT2D eigenvalue weighted by Crippen LogP contribution is 2.19. The summed E-state index contributed by atoms with van der Waals surface area (Å²) in [5.41, 5.74) is 1.01. The molecule has 0 amide bonds. The number of halogens is 2. The SMILES string of the molecule is Cn1ccc(CCNc2nc(Cl)ncc2Cl)n1. The standard InChI is InChI=1S/C10H11Cl2N5/c1-17-5-3-7(16-17)2-4-13-9-8(11)6-14-10(12)15-9/h3,5-6H,2,4H2,1H3,(H,13,14,15). The van der Waals surface area contributed by atoms with Crippen LogP contribution in [-0.4, -0.2) is 26.3 Å². The maximum atomic E-state index is 5.92. The lowest BCUT2D eigenvalue weighted by Crippen LogP contribution is -2.08. The van der Waals surface area contributed by atoms with Gasteiger partial charge in [0.25, 0.3) is 0 Å². The molecule has 0 aliphatic rings. The third kappa shape index (κ3) is 3.31. The highest BCUT2D eigenvalue weighted by Gasteiger charge is 2.04. The second-order valence-electron chi connectivity index (χ2n) is 3.49. The van der Waals surface area contributed by atoms with Crippen LogP contribution in [-0.2, 0) is 13.5 Å². The number of hydrogen-bond donors (Lipinski definition) is 1. The third-order valence-electron chi connectivity index (χ3n) is 2.16. The highest BCUT2D eigenvalue weighted by molar-refractivity contribution is 6.33. The summed E-state index contributed by atoms with van der Waals surface area (Å²) < 4.78 is 1.77. The van der Waals surface area contributed by atoms with E-state index in [1.165, 1.54) is 6.20 Å².